The molecule has 6 nitrogen and oxygen atoms in total. The molecule has 6 heteroatoms. The molecule has 0 spiro atoms. The highest BCUT2D eigenvalue weighted by Gasteiger charge is 2.36. The second kappa shape index (κ2) is 7.56. The van der Waals surface area contributed by atoms with Crippen LogP contribution in [-0.4, -0.2) is 53.7 Å². The number of benzene rings is 2. The van der Waals surface area contributed by atoms with Crippen LogP contribution in [0.2, 0.25) is 0 Å². The normalized spacial score (nSPS) is 19.1. The van der Waals surface area contributed by atoms with Crippen LogP contribution in [0.15, 0.2) is 48.5 Å². The molecular weight excluding hydrogens is 354 g/mol. The Morgan fingerprint density at radius 3 is 2.57 bits per heavy atom. The molecule has 2 heterocycles. The van der Waals surface area contributed by atoms with Crippen LogP contribution in [-0.2, 0) is 6.54 Å². The van der Waals surface area contributed by atoms with Gasteiger partial charge in [-0.25, -0.2) is 0 Å². The number of carbonyl (C=O) groups is 3. The van der Waals surface area contributed by atoms with Crippen LogP contribution < -0.4 is 5.32 Å². The Balaban J connectivity index is 1.56. The Morgan fingerprint density at radius 2 is 1.82 bits per heavy atom. The molecule has 2 aliphatic heterocycles. The van der Waals surface area contributed by atoms with Crippen LogP contribution in [0.1, 0.15) is 49.5 Å². The number of piperidine rings is 1. The van der Waals surface area contributed by atoms with Crippen molar-refractivity contribution < 1.29 is 14.4 Å². The van der Waals surface area contributed by atoms with Crippen molar-refractivity contribution >= 4 is 17.7 Å². The summed E-state index contributed by atoms with van der Waals surface area (Å²) in [5.41, 5.74) is 2.02. The quantitative estimate of drug-likeness (QED) is 0.830. The highest BCUT2D eigenvalue weighted by molar-refractivity contribution is 6.22. The zero-order valence-electron chi connectivity index (χ0n) is 15.9. The first-order valence-corrected chi connectivity index (χ1v) is 9.59. The van der Waals surface area contributed by atoms with Crippen molar-refractivity contribution in [2.75, 3.05) is 20.1 Å². The lowest BCUT2D eigenvalue weighted by atomic mass is 10.0. The maximum Gasteiger partial charge on any atom is 0.261 e. The van der Waals surface area contributed by atoms with Gasteiger partial charge >= 0.3 is 0 Å². The van der Waals surface area contributed by atoms with E-state index >= 15 is 0 Å². The van der Waals surface area contributed by atoms with Crippen molar-refractivity contribution in [3.63, 3.8) is 0 Å². The molecule has 0 radical (unpaired) electrons. The number of hydrogen-bond donors (Lipinski definition) is 1. The number of nitrogens with one attached hydrogen (secondary N) is 1. The third kappa shape index (κ3) is 3.31. The number of fused-ring (bicyclic) bond motifs is 1. The number of imide groups is 1. The monoisotopic (exact) mass is 377 g/mol. The van der Waals surface area contributed by atoms with Gasteiger partial charge in [0.25, 0.3) is 17.7 Å². The van der Waals surface area contributed by atoms with E-state index in [1.807, 2.05) is 42.3 Å². The van der Waals surface area contributed by atoms with E-state index < -0.39 is 0 Å². The predicted molar refractivity (Wildman–Crippen MR) is 105 cm³/mol. The van der Waals surface area contributed by atoms with Crippen molar-refractivity contribution in [3.05, 3.63) is 70.8 Å². The van der Waals surface area contributed by atoms with E-state index in [0.29, 0.717) is 29.8 Å². The minimum absolute atomic E-state index is 0.0930. The van der Waals surface area contributed by atoms with Gasteiger partial charge < -0.3 is 10.2 Å². The molecule has 28 heavy (non-hydrogen) atoms. The van der Waals surface area contributed by atoms with E-state index in [-0.39, 0.29) is 30.3 Å². The average Bonchev–Trinajstić information content (AvgIpc) is 2.98. The average molecular weight is 377 g/mol. The molecule has 0 saturated carbocycles. The van der Waals surface area contributed by atoms with Gasteiger partial charge in [0, 0.05) is 24.7 Å². The minimum Gasteiger partial charge on any atom is -0.337 e. The summed E-state index contributed by atoms with van der Waals surface area (Å²) in [6.07, 6.45) is 2.00. The molecule has 3 amide bonds. The number of rotatable bonds is 4. The van der Waals surface area contributed by atoms with Crippen molar-refractivity contribution in [2.45, 2.75) is 25.4 Å². The molecular formula is C22H23N3O3. The molecule has 1 unspecified atom stereocenters. The second-order valence-electron chi connectivity index (χ2n) is 7.32. The van der Waals surface area contributed by atoms with E-state index in [2.05, 4.69) is 5.32 Å². The highest BCUT2D eigenvalue weighted by Crippen LogP contribution is 2.26. The predicted octanol–water partition coefficient (Wildman–Crippen LogP) is 2.31. The molecule has 1 fully saturated rings. The Labute approximate surface area is 164 Å². The summed E-state index contributed by atoms with van der Waals surface area (Å²) in [7, 11) is 1.90. The number of hydrogen-bond acceptors (Lipinski definition) is 4. The third-order valence-electron chi connectivity index (χ3n) is 5.52. The number of amides is 3. The van der Waals surface area contributed by atoms with Gasteiger partial charge in [-0.3, -0.25) is 19.3 Å². The molecule has 0 aliphatic carbocycles. The molecule has 2 aromatic rings. The summed E-state index contributed by atoms with van der Waals surface area (Å²) >= 11 is 0. The molecule has 144 valence electrons. The van der Waals surface area contributed by atoms with Crippen LogP contribution in [0.25, 0.3) is 0 Å². The second-order valence-corrected chi connectivity index (χ2v) is 7.32. The zero-order chi connectivity index (χ0) is 19.7. The molecule has 0 aromatic heterocycles. The van der Waals surface area contributed by atoms with Crippen LogP contribution >= 0.6 is 0 Å². The highest BCUT2D eigenvalue weighted by atomic mass is 16.2. The van der Waals surface area contributed by atoms with E-state index in [1.165, 1.54) is 4.90 Å². The van der Waals surface area contributed by atoms with Gasteiger partial charge in [0.2, 0.25) is 0 Å². The summed E-state index contributed by atoms with van der Waals surface area (Å²) in [5, 5.41) is 3.22. The Morgan fingerprint density at radius 1 is 1.07 bits per heavy atom. The van der Waals surface area contributed by atoms with Crippen LogP contribution in [0.5, 0.6) is 0 Å². The van der Waals surface area contributed by atoms with Gasteiger partial charge in [0.1, 0.15) is 0 Å². The smallest absolute Gasteiger partial charge is 0.261 e. The largest absolute Gasteiger partial charge is 0.337 e. The summed E-state index contributed by atoms with van der Waals surface area (Å²) < 4.78 is 0. The van der Waals surface area contributed by atoms with Crippen molar-refractivity contribution in [1.29, 1.82) is 0 Å². The van der Waals surface area contributed by atoms with Crippen molar-refractivity contribution in [3.8, 4) is 0 Å². The van der Waals surface area contributed by atoms with E-state index in [4.69, 9.17) is 0 Å². The fourth-order valence-electron chi connectivity index (χ4n) is 3.91. The first kappa shape index (κ1) is 18.4. The van der Waals surface area contributed by atoms with Gasteiger partial charge in [0.05, 0.1) is 17.7 Å². The topological polar surface area (TPSA) is 69.7 Å². The summed E-state index contributed by atoms with van der Waals surface area (Å²) in [5.74, 6) is -0.745. The number of carbonyl (C=O) groups excluding carboxylic acids is 3. The van der Waals surface area contributed by atoms with Crippen LogP contribution in [0, 0.1) is 0 Å². The minimum atomic E-state index is -0.342. The van der Waals surface area contributed by atoms with Gasteiger partial charge in [-0.15, -0.1) is 0 Å². The standard InChI is InChI=1S/C22H23N3O3/c1-23-17-8-5-11-24(14-17)20(26)16-9-10-18-19(12-16)22(28)25(21(18)27)13-15-6-3-2-4-7-15/h2-4,6-7,9-10,12,17,23H,5,8,11,13-14H2,1H3. The summed E-state index contributed by atoms with van der Waals surface area (Å²) in [6.45, 7) is 1.59. The first-order chi connectivity index (χ1) is 13.6. The molecule has 1 atom stereocenters. The maximum absolute atomic E-state index is 12.9. The van der Waals surface area contributed by atoms with Crippen LogP contribution in [0.4, 0.5) is 0 Å². The van der Waals surface area contributed by atoms with Gasteiger partial charge in [-0.2, -0.15) is 0 Å². The Bertz CT molecular complexity index is 926. The Hall–Kier alpha value is -2.99. The SMILES string of the molecule is CNC1CCCN(C(=O)c2ccc3c(c2)C(=O)N(Cc2ccccc2)C3=O)C1. The molecule has 1 saturated heterocycles. The van der Waals surface area contributed by atoms with Crippen molar-refractivity contribution in [2.24, 2.45) is 0 Å². The third-order valence-corrected chi connectivity index (χ3v) is 5.52. The Kier molecular flexibility index (Phi) is 4.96. The molecule has 2 aliphatic rings. The van der Waals surface area contributed by atoms with E-state index in [9.17, 15) is 14.4 Å². The lowest BCUT2D eigenvalue weighted by molar-refractivity contribution is 0.0641. The number of nitrogens with zero attached hydrogens (tertiary/aromatic N) is 2. The van der Waals surface area contributed by atoms with E-state index in [1.54, 1.807) is 18.2 Å². The fourth-order valence-corrected chi connectivity index (χ4v) is 3.91. The zero-order valence-corrected chi connectivity index (χ0v) is 15.9. The summed E-state index contributed by atoms with van der Waals surface area (Å²) in [6, 6.07) is 14.5. The number of likely N-dealkylation sites (tertiary alicyclic amines) is 1. The van der Waals surface area contributed by atoms with Crippen LogP contribution in [0.3, 0.4) is 0 Å². The fraction of sp³-hybridized carbons (Fsp3) is 0.318. The lowest BCUT2D eigenvalue weighted by Crippen LogP contribution is -2.47. The number of likely N-dealkylation sites (N-methyl/N-ethyl adjacent to an activating group) is 1. The molecule has 4 rings (SSSR count). The molecule has 1 N–H and O–H groups in total. The molecule has 2 aromatic carbocycles. The van der Waals surface area contributed by atoms with Gasteiger partial charge in [-0.1, -0.05) is 30.3 Å². The maximum atomic E-state index is 12.9. The van der Waals surface area contributed by atoms with Gasteiger partial charge in [0.15, 0.2) is 0 Å². The van der Waals surface area contributed by atoms with Gasteiger partial charge in [-0.05, 0) is 43.7 Å². The lowest BCUT2D eigenvalue weighted by Gasteiger charge is -2.32. The summed E-state index contributed by atoms with van der Waals surface area (Å²) in [4.78, 5) is 41.5. The molecule has 0 bridgehead atoms. The van der Waals surface area contributed by atoms with Crippen molar-refractivity contribution in [1.82, 2.24) is 15.1 Å². The first-order valence-electron chi connectivity index (χ1n) is 9.59. The van der Waals surface area contributed by atoms with E-state index in [0.717, 1.165) is 18.4 Å².